The van der Waals surface area contributed by atoms with Crippen LogP contribution in [-0.2, 0) is 32.5 Å². The average Bonchev–Trinajstić information content (AvgIpc) is 3.08. The highest BCUT2D eigenvalue weighted by Crippen LogP contribution is 2.46. The molecule has 0 aromatic heterocycles. The van der Waals surface area contributed by atoms with Gasteiger partial charge in [0.2, 0.25) is 10.0 Å². The number of halogens is 1. The Morgan fingerprint density at radius 3 is 2.52 bits per heavy atom. The Balaban J connectivity index is 1.35. The van der Waals surface area contributed by atoms with E-state index in [1.807, 2.05) is 25.1 Å². The molecule has 4 N–H and O–H groups in total. The van der Waals surface area contributed by atoms with Crippen molar-refractivity contribution in [3.63, 3.8) is 0 Å². The topological polar surface area (TPSA) is 140 Å². The summed E-state index contributed by atoms with van der Waals surface area (Å²) in [5.74, 6) is 0.637. The van der Waals surface area contributed by atoms with Gasteiger partial charge >= 0.3 is 0 Å². The summed E-state index contributed by atoms with van der Waals surface area (Å²) >= 11 is 6.36. The molecule has 1 amide bonds. The number of hydrogen-bond donors (Lipinski definition) is 3. The Kier molecular flexibility index (Phi) is 10.9. The number of aliphatic hydroxyl groups excluding tert-OH is 1. The summed E-state index contributed by atoms with van der Waals surface area (Å²) in [4.78, 5) is 15.8. The van der Waals surface area contributed by atoms with Crippen molar-refractivity contribution in [1.82, 2.24) is 4.72 Å². The van der Waals surface area contributed by atoms with Crippen LogP contribution in [0.5, 0.6) is 5.75 Å². The van der Waals surface area contributed by atoms with Crippen LogP contribution < -0.4 is 20.1 Å². The number of aryl methyl sites for hydroxylation is 1. The van der Waals surface area contributed by atoms with Crippen molar-refractivity contribution in [1.29, 1.82) is 0 Å². The Hall–Kier alpha value is -2.41. The summed E-state index contributed by atoms with van der Waals surface area (Å²) in [6, 6.07) is 11.1. The zero-order valence-electron chi connectivity index (χ0n) is 28.0. The molecular weight excluding hydrogens is 654 g/mol. The number of hydrogen-bond acceptors (Lipinski definition) is 9. The molecule has 0 spiro atoms. The first-order chi connectivity index (χ1) is 23.0. The molecule has 264 valence electrons. The average molecular weight is 704 g/mol. The standard InChI is InChI=1S/C36H50ClN3O7S/c1-23-6-5-8-31(35-46-21-36(38,20-41)22-47-35)30-13-10-27(30)18-40-15-4-3-7-25-16-29(37)12-9-28(25)19-45-33-14-11-26(17-32(33)40)34(42)39-48(43,44)24(23)2/h9,11-12,14,16-17,23-24,27,30-31,35,41H,3-8,10,13,15,18-22,38H2,1-2H3,(H,39,42)/t23-,24+,27-,30+,31+,35-,36-/m0/s1. The first kappa shape index (κ1) is 35.4. The third-order valence-corrected chi connectivity index (χ3v) is 13.3. The van der Waals surface area contributed by atoms with Gasteiger partial charge in [0, 0.05) is 29.6 Å². The summed E-state index contributed by atoms with van der Waals surface area (Å²) in [5.41, 5.74) is 8.66. The van der Waals surface area contributed by atoms with Crippen LogP contribution in [0.4, 0.5) is 5.69 Å². The maximum absolute atomic E-state index is 13.5. The number of sulfonamides is 1. The van der Waals surface area contributed by atoms with Crippen molar-refractivity contribution in [2.75, 3.05) is 37.8 Å². The van der Waals surface area contributed by atoms with E-state index >= 15 is 0 Å². The smallest absolute Gasteiger partial charge is 0.264 e. The number of carbonyl (C=O) groups is 1. The van der Waals surface area contributed by atoms with Crippen molar-refractivity contribution >= 4 is 33.2 Å². The number of rotatable bonds is 2. The first-order valence-corrected chi connectivity index (χ1v) is 19.4. The number of nitrogens with zero attached hydrogens (tertiary/aromatic N) is 1. The van der Waals surface area contributed by atoms with Gasteiger partial charge in [-0.2, -0.15) is 0 Å². The van der Waals surface area contributed by atoms with Crippen molar-refractivity contribution < 1.29 is 32.5 Å². The number of amides is 1. The van der Waals surface area contributed by atoms with Gasteiger partial charge < -0.3 is 30.0 Å². The quantitative estimate of drug-likeness (QED) is 0.393. The van der Waals surface area contributed by atoms with E-state index in [1.54, 1.807) is 25.1 Å². The first-order valence-electron chi connectivity index (χ1n) is 17.4. The SMILES string of the molecule is C[C@@H]1[C@@H](C)CCC[C@@H]([C@H]2OC[C@@](N)(CO)CO2)[C@@H]2CC[C@H]2CN2CCCCc3cc(Cl)ccc3COc3ccc(cc32)C(=O)NS1(=O)=O. The minimum absolute atomic E-state index is 0.101. The number of nitrogens with one attached hydrogen (secondary N) is 1. The highest BCUT2D eigenvalue weighted by Gasteiger charge is 2.45. The van der Waals surface area contributed by atoms with Crippen molar-refractivity contribution in [3.05, 3.63) is 58.1 Å². The molecule has 2 bridgehead atoms. The molecule has 6 rings (SSSR count). The maximum atomic E-state index is 13.5. The molecule has 2 fully saturated rings. The van der Waals surface area contributed by atoms with Gasteiger partial charge in [-0.05, 0) is 111 Å². The Bertz CT molecular complexity index is 1560. The fraction of sp³-hybridized carbons (Fsp3) is 0.639. The van der Waals surface area contributed by atoms with Crippen LogP contribution in [0.25, 0.3) is 0 Å². The van der Waals surface area contributed by atoms with E-state index < -0.39 is 33.0 Å². The molecule has 2 aromatic carbocycles. The molecule has 12 heteroatoms. The van der Waals surface area contributed by atoms with Crippen LogP contribution in [-0.4, -0.2) is 69.4 Å². The van der Waals surface area contributed by atoms with Gasteiger partial charge in [-0.15, -0.1) is 0 Å². The van der Waals surface area contributed by atoms with Crippen molar-refractivity contribution in [2.24, 2.45) is 29.4 Å². The Labute approximate surface area is 289 Å². The number of benzene rings is 2. The van der Waals surface area contributed by atoms with Crippen LogP contribution in [0.2, 0.25) is 5.02 Å². The number of aliphatic hydroxyl groups is 1. The number of anilines is 1. The molecule has 5 atom stereocenters. The van der Waals surface area contributed by atoms with Crippen molar-refractivity contribution in [3.8, 4) is 5.75 Å². The van der Waals surface area contributed by atoms with Crippen LogP contribution in [0.15, 0.2) is 36.4 Å². The minimum atomic E-state index is -3.94. The van der Waals surface area contributed by atoms with E-state index in [4.69, 9.17) is 31.5 Å². The molecule has 1 aliphatic carbocycles. The van der Waals surface area contributed by atoms with E-state index in [1.165, 1.54) is 5.56 Å². The molecule has 0 unspecified atom stereocenters. The lowest BCUT2D eigenvalue weighted by Gasteiger charge is -2.48. The van der Waals surface area contributed by atoms with Gasteiger partial charge in [0.15, 0.2) is 6.29 Å². The molecule has 3 aliphatic heterocycles. The second kappa shape index (κ2) is 14.8. The molecular formula is C36H50ClN3O7S. The largest absolute Gasteiger partial charge is 0.487 e. The lowest BCUT2D eigenvalue weighted by Crippen LogP contribution is -2.59. The number of carbonyl (C=O) groups excluding carboxylic acids is 1. The fourth-order valence-electron chi connectivity index (χ4n) is 7.72. The van der Waals surface area contributed by atoms with Gasteiger partial charge in [-0.25, -0.2) is 13.1 Å². The van der Waals surface area contributed by atoms with Gasteiger partial charge in [-0.1, -0.05) is 31.0 Å². The molecule has 1 saturated carbocycles. The zero-order valence-corrected chi connectivity index (χ0v) is 29.6. The van der Waals surface area contributed by atoms with Crippen molar-refractivity contribution in [2.45, 2.75) is 88.9 Å². The highest BCUT2D eigenvalue weighted by atomic mass is 35.5. The molecule has 0 radical (unpaired) electrons. The maximum Gasteiger partial charge on any atom is 0.264 e. The van der Waals surface area contributed by atoms with Crippen LogP contribution >= 0.6 is 11.6 Å². The van der Waals surface area contributed by atoms with E-state index in [9.17, 15) is 18.3 Å². The van der Waals surface area contributed by atoms with E-state index in [0.717, 1.165) is 69.3 Å². The predicted molar refractivity (Wildman–Crippen MR) is 186 cm³/mol. The van der Waals surface area contributed by atoms with E-state index in [2.05, 4.69) is 9.62 Å². The second-order valence-corrected chi connectivity index (χ2v) is 17.0. The Morgan fingerprint density at radius 2 is 1.79 bits per heavy atom. The van der Waals surface area contributed by atoms with E-state index in [-0.39, 0.29) is 37.2 Å². The Morgan fingerprint density at radius 1 is 1.00 bits per heavy atom. The number of fused-ring (bicyclic) bond motifs is 3. The number of ether oxygens (including phenoxy) is 3. The lowest BCUT2D eigenvalue weighted by molar-refractivity contribution is -0.249. The minimum Gasteiger partial charge on any atom is -0.487 e. The second-order valence-electron chi connectivity index (χ2n) is 14.6. The van der Waals surface area contributed by atoms with Gasteiger partial charge in [0.05, 0.1) is 36.3 Å². The lowest BCUT2D eigenvalue weighted by atomic mass is 9.65. The zero-order chi connectivity index (χ0) is 34.1. The summed E-state index contributed by atoms with van der Waals surface area (Å²) in [5, 5.41) is 9.73. The molecule has 4 aliphatic rings. The highest BCUT2D eigenvalue weighted by molar-refractivity contribution is 7.90. The van der Waals surface area contributed by atoms with Gasteiger partial charge in [-0.3, -0.25) is 4.79 Å². The van der Waals surface area contributed by atoms with Gasteiger partial charge in [0.1, 0.15) is 12.4 Å². The van der Waals surface area contributed by atoms with E-state index in [0.29, 0.717) is 35.6 Å². The molecule has 3 heterocycles. The third kappa shape index (κ3) is 7.81. The summed E-state index contributed by atoms with van der Waals surface area (Å²) in [6.45, 7) is 5.69. The number of nitrogens with two attached hydrogens (primary N) is 1. The van der Waals surface area contributed by atoms with Crippen LogP contribution in [0.3, 0.4) is 0 Å². The van der Waals surface area contributed by atoms with Crippen LogP contribution in [0, 0.1) is 23.7 Å². The molecule has 1 saturated heterocycles. The van der Waals surface area contributed by atoms with Crippen LogP contribution in [0.1, 0.15) is 80.3 Å². The molecule has 2 aromatic rings. The summed E-state index contributed by atoms with van der Waals surface area (Å²) < 4.78 is 48.1. The predicted octanol–water partition coefficient (Wildman–Crippen LogP) is 5.03. The summed E-state index contributed by atoms with van der Waals surface area (Å²) in [6.07, 6.45) is 6.72. The molecule has 10 nitrogen and oxygen atoms in total. The third-order valence-electron chi connectivity index (χ3n) is 11.2. The normalized spacial score (nSPS) is 33.1. The van der Waals surface area contributed by atoms with Gasteiger partial charge in [0.25, 0.3) is 5.91 Å². The monoisotopic (exact) mass is 703 g/mol. The molecule has 48 heavy (non-hydrogen) atoms. The fourth-order valence-corrected chi connectivity index (χ4v) is 9.23. The summed E-state index contributed by atoms with van der Waals surface area (Å²) in [7, 11) is -3.94.